The minimum atomic E-state index is -0.592. The summed E-state index contributed by atoms with van der Waals surface area (Å²) >= 11 is 3.12. The van der Waals surface area contributed by atoms with Crippen LogP contribution < -0.4 is 5.32 Å². The standard InChI is InChI=1S/C13H17BrN6O3/c1-4-18-6-5-10(16-18)8(2)15-11(21)7-19-9(3)12(14)13(17-19)20(22)23/h5-6,8H,4,7H2,1-3H3,(H,15,21). The zero-order chi connectivity index (χ0) is 17.1. The molecule has 2 heterocycles. The number of aromatic nitrogens is 4. The molecule has 2 rings (SSSR count). The number of nitro groups is 1. The van der Waals surface area contributed by atoms with Crippen molar-refractivity contribution in [1.82, 2.24) is 24.9 Å². The number of halogens is 1. The van der Waals surface area contributed by atoms with E-state index in [2.05, 4.69) is 31.4 Å². The zero-order valence-corrected chi connectivity index (χ0v) is 14.6. The lowest BCUT2D eigenvalue weighted by Gasteiger charge is -2.11. The molecule has 2 aromatic heterocycles. The van der Waals surface area contributed by atoms with Crippen LogP contribution in [-0.2, 0) is 17.9 Å². The van der Waals surface area contributed by atoms with E-state index in [4.69, 9.17) is 0 Å². The van der Waals surface area contributed by atoms with Gasteiger partial charge in [-0.3, -0.25) is 9.48 Å². The van der Waals surface area contributed by atoms with Crippen LogP contribution in [0.1, 0.15) is 31.3 Å². The molecule has 2 aromatic rings. The van der Waals surface area contributed by atoms with Crippen LogP contribution in [0.5, 0.6) is 0 Å². The van der Waals surface area contributed by atoms with E-state index in [1.54, 1.807) is 11.6 Å². The van der Waals surface area contributed by atoms with Crippen LogP contribution in [0.25, 0.3) is 0 Å². The molecule has 1 N–H and O–H groups in total. The van der Waals surface area contributed by atoms with Gasteiger partial charge in [-0.05, 0) is 47.7 Å². The maximum Gasteiger partial charge on any atom is 0.404 e. The molecule has 0 aromatic carbocycles. The number of hydrogen-bond acceptors (Lipinski definition) is 5. The monoisotopic (exact) mass is 384 g/mol. The van der Waals surface area contributed by atoms with E-state index in [0.717, 1.165) is 12.2 Å². The highest BCUT2D eigenvalue weighted by molar-refractivity contribution is 9.10. The van der Waals surface area contributed by atoms with E-state index < -0.39 is 4.92 Å². The first-order valence-corrected chi connectivity index (χ1v) is 7.82. The molecule has 0 saturated carbocycles. The molecule has 0 aliphatic heterocycles. The van der Waals surface area contributed by atoms with Crippen LogP contribution in [-0.4, -0.2) is 30.4 Å². The Kier molecular flexibility index (Phi) is 5.14. The first-order chi connectivity index (χ1) is 10.8. The van der Waals surface area contributed by atoms with E-state index in [0.29, 0.717) is 5.69 Å². The summed E-state index contributed by atoms with van der Waals surface area (Å²) in [5.74, 6) is -0.596. The van der Waals surface area contributed by atoms with Gasteiger partial charge in [-0.25, -0.2) is 0 Å². The summed E-state index contributed by atoms with van der Waals surface area (Å²) in [6.07, 6.45) is 1.84. The number of nitrogens with zero attached hydrogens (tertiary/aromatic N) is 5. The second-order valence-corrected chi connectivity index (χ2v) is 5.82. The Hall–Kier alpha value is -2.23. The lowest BCUT2D eigenvalue weighted by molar-refractivity contribution is -0.390. The molecule has 0 saturated heterocycles. The summed E-state index contributed by atoms with van der Waals surface area (Å²) in [4.78, 5) is 22.4. The second-order valence-electron chi connectivity index (χ2n) is 5.02. The van der Waals surface area contributed by atoms with Crippen LogP contribution in [0, 0.1) is 17.0 Å². The molecular weight excluding hydrogens is 368 g/mol. The molecule has 0 bridgehead atoms. The molecule has 10 heteroatoms. The van der Waals surface area contributed by atoms with Crippen molar-refractivity contribution >= 4 is 27.7 Å². The quantitative estimate of drug-likeness (QED) is 0.604. The van der Waals surface area contributed by atoms with Crippen LogP contribution in [0.3, 0.4) is 0 Å². The van der Waals surface area contributed by atoms with Gasteiger partial charge >= 0.3 is 5.82 Å². The average Bonchev–Trinajstić information content (AvgIpc) is 3.07. The summed E-state index contributed by atoms with van der Waals surface area (Å²) in [5, 5.41) is 21.8. The SMILES string of the molecule is CCn1ccc(C(C)NC(=O)Cn2nc([N+](=O)[O-])c(Br)c2C)n1. The average molecular weight is 385 g/mol. The summed E-state index contributed by atoms with van der Waals surface area (Å²) in [6, 6.07) is 1.58. The third-order valence-corrected chi connectivity index (χ3v) is 4.32. The van der Waals surface area contributed by atoms with Gasteiger partial charge in [0.25, 0.3) is 0 Å². The third-order valence-electron chi connectivity index (χ3n) is 3.39. The van der Waals surface area contributed by atoms with E-state index in [1.807, 2.05) is 26.1 Å². The van der Waals surface area contributed by atoms with Crippen molar-refractivity contribution in [3.63, 3.8) is 0 Å². The Balaban J connectivity index is 2.05. The van der Waals surface area contributed by atoms with Gasteiger partial charge in [0.2, 0.25) is 5.91 Å². The highest BCUT2D eigenvalue weighted by atomic mass is 79.9. The normalized spacial score (nSPS) is 12.2. The van der Waals surface area contributed by atoms with Gasteiger partial charge in [0.15, 0.2) is 0 Å². The van der Waals surface area contributed by atoms with Gasteiger partial charge < -0.3 is 15.4 Å². The van der Waals surface area contributed by atoms with E-state index >= 15 is 0 Å². The maximum absolute atomic E-state index is 12.1. The Morgan fingerprint density at radius 3 is 2.74 bits per heavy atom. The van der Waals surface area contributed by atoms with E-state index in [1.165, 1.54) is 4.68 Å². The highest BCUT2D eigenvalue weighted by Gasteiger charge is 2.25. The third kappa shape index (κ3) is 3.76. The van der Waals surface area contributed by atoms with E-state index in [9.17, 15) is 14.9 Å². The largest absolute Gasteiger partial charge is 0.404 e. The second kappa shape index (κ2) is 6.90. The van der Waals surface area contributed by atoms with Gasteiger partial charge in [0, 0.05) is 12.7 Å². The Morgan fingerprint density at radius 2 is 2.22 bits per heavy atom. The van der Waals surface area contributed by atoms with Crippen molar-refractivity contribution < 1.29 is 9.72 Å². The van der Waals surface area contributed by atoms with Gasteiger partial charge in [0.1, 0.15) is 11.0 Å². The Morgan fingerprint density at radius 1 is 1.52 bits per heavy atom. The molecule has 124 valence electrons. The van der Waals surface area contributed by atoms with Gasteiger partial charge in [-0.2, -0.15) is 9.78 Å². The fourth-order valence-corrected chi connectivity index (χ4v) is 2.49. The molecule has 1 unspecified atom stereocenters. The number of hydrogen-bond donors (Lipinski definition) is 1. The minimum Gasteiger partial charge on any atom is -0.358 e. The highest BCUT2D eigenvalue weighted by Crippen LogP contribution is 2.26. The van der Waals surface area contributed by atoms with E-state index in [-0.39, 0.29) is 28.8 Å². The Bertz CT molecular complexity index is 738. The number of carbonyl (C=O) groups excluding carboxylic acids is 1. The van der Waals surface area contributed by atoms with Crippen molar-refractivity contribution in [3.05, 3.63) is 38.2 Å². The number of aryl methyl sites for hydroxylation is 1. The van der Waals surface area contributed by atoms with Crippen LogP contribution in [0.15, 0.2) is 16.7 Å². The van der Waals surface area contributed by atoms with Gasteiger partial charge in [-0.1, -0.05) is 0 Å². The molecule has 0 fully saturated rings. The molecular formula is C13H17BrN6O3. The number of rotatable bonds is 6. The summed E-state index contributed by atoms with van der Waals surface area (Å²) < 4.78 is 3.36. The molecule has 1 amide bonds. The van der Waals surface area contributed by atoms with Crippen LogP contribution >= 0.6 is 15.9 Å². The maximum atomic E-state index is 12.1. The van der Waals surface area contributed by atoms with Crippen molar-refractivity contribution in [2.75, 3.05) is 0 Å². The topological polar surface area (TPSA) is 108 Å². The number of amides is 1. The Labute approximate surface area is 140 Å². The number of nitrogens with one attached hydrogen (secondary N) is 1. The molecule has 0 radical (unpaired) electrons. The van der Waals surface area contributed by atoms with Crippen molar-refractivity contribution in [1.29, 1.82) is 0 Å². The fraction of sp³-hybridized carbons (Fsp3) is 0.462. The molecule has 0 spiro atoms. The molecule has 1 atom stereocenters. The van der Waals surface area contributed by atoms with Gasteiger partial charge in [0.05, 0.1) is 22.5 Å². The lowest BCUT2D eigenvalue weighted by Crippen LogP contribution is -2.31. The first kappa shape index (κ1) is 17.1. The molecule has 23 heavy (non-hydrogen) atoms. The first-order valence-electron chi connectivity index (χ1n) is 7.03. The summed E-state index contributed by atoms with van der Waals surface area (Å²) in [5.41, 5.74) is 1.28. The summed E-state index contributed by atoms with van der Waals surface area (Å²) in [6.45, 7) is 6.12. The predicted octanol–water partition coefficient (Wildman–Crippen LogP) is 1.96. The summed E-state index contributed by atoms with van der Waals surface area (Å²) in [7, 11) is 0. The smallest absolute Gasteiger partial charge is 0.358 e. The van der Waals surface area contributed by atoms with Gasteiger partial charge in [-0.15, -0.1) is 0 Å². The molecule has 0 aliphatic carbocycles. The molecule has 0 aliphatic rings. The minimum absolute atomic E-state index is 0.100. The van der Waals surface area contributed by atoms with Crippen molar-refractivity contribution in [2.24, 2.45) is 0 Å². The van der Waals surface area contributed by atoms with Crippen LogP contribution in [0.2, 0.25) is 0 Å². The predicted molar refractivity (Wildman–Crippen MR) is 85.8 cm³/mol. The van der Waals surface area contributed by atoms with Crippen molar-refractivity contribution in [3.8, 4) is 0 Å². The fourth-order valence-electron chi connectivity index (χ4n) is 2.06. The van der Waals surface area contributed by atoms with Crippen molar-refractivity contribution in [2.45, 2.75) is 39.9 Å². The lowest BCUT2D eigenvalue weighted by atomic mass is 10.2. The molecule has 9 nitrogen and oxygen atoms in total. The zero-order valence-electron chi connectivity index (χ0n) is 13.0. The van der Waals surface area contributed by atoms with Crippen LogP contribution in [0.4, 0.5) is 5.82 Å². The number of carbonyl (C=O) groups is 1.